The molecule has 3 rings (SSSR count). The molecule has 1 aromatic rings. The number of benzene rings is 1. The Morgan fingerprint density at radius 1 is 1.15 bits per heavy atom. The zero-order valence-electron chi connectivity index (χ0n) is 10.9. The number of hydrogen-bond donors (Lipinski definition) is 1. The highest BCUT2D eigenvalue weighted by Gasteiger charge is 2.42. The van der Waals surface area contributed by atoms with Crippen LogP contribution in [0, 0.1) is 5.92 Å². The van der Waals surface area contributed by atoms with Crippen molar-refractivity contribution in [3.8, 4) is 0 Å². The summed E-state index contributed by atoms with van der Waals surface area (Å²) in [5, 5.41) is 8.82. The van der Waals surface area contributed by atoms with Crippen LogP contribution in [0.1, 0.15) is 46.4 Å². The number of fused-ring (bicyclic) bond motifs is 1. The Morgan fingerprint density at radius 2 is 1.75 bits per heavy atom. The Hall–Kier alpha value is -2.17. The summed E-state index contributed by atoms with van der Waals surface area (Å²) in [6, 6.07) is 6.66. The van der Waals surface area contributed by atoms with E-state index in [1.807, 2.05) is 0 Å². The second-order valence-corrected chi connectivity index (χ2v) is 5.46. The number of carbonyl (C=O) groups excluding carboxylic acids is 2. The van der Waals surface area contributed by atoms with Crippen molar-refractivity contribution in [1.29, 1.82) is 0 Å². The van der Waals surface area contributed by atoms with E-state index in [4.69, 9.17) is 5.11 Å². The van der Waals surface area contributed by atoms with Crippen LogP contribution in [-0.2, 0) is 4.79 Å². The molecule has 2 aliphatic rings. The van der Waals surface area contributed by atoms with Gasteiger partial charge >= 0.3 is 5.97 Å². The molecule has 0 aromatic heterocycles. The van der Waals surface area contributed by atoms with Crippen molar-refractivity contribution in [2.45, 2.75) is 31.7 Å². The molecule has 20 heavy (non-hydrogen) atoms. The molecule has 2 amide bonds. The van der Waals surface area contributed by atoms with Gasteiger partial charge in [0.25, 0.3) is 11.8 Å². The van der Waals surface area contributed by atoms with E-state index in [0.717, 1.165) is 6.42 Å². The minimum Gasteiger partial charge on any atom is -0.481 e. The predicted molar refractivity (Wildman–Crippen MR) is 70.3 cm³/mol. The van der Waals surface area contributed by atoms with Crippen molar-refractivity contribution in [3.05, 3.63) is 35.4 Å². The molecule has 1 aliphatic carbocycles. The summed E-state index contributed by atoms with van der Waals surface area (Å²) in [6.45, 7) is 0. The van der Waals surface area contributed by atoms with Gasteiger partial charge in [-0.2, -0.15) is 0 Å². The number of imide groups is 1. The molecule has 1 saturated carbocycles. The summed E-state index contributed by atoms with van der Waals surface area (Å²) >= 11 is 0. The Bertz CT molecular complexity index is 560. The molecular formula is C15H15NO4. The van der Waals surface area contributed by atoms with Crippen LogP contribution in [-0.4, -0.2) is 33.8 Å². The summed E-state index contributed by atoms with van der Waals surface area (Å²) in [5.41, 5.74) is 0.915. The third kappa shape index (κ3) is 1.99. The first-order valence-corrected chi connectivity index (χ1v) is 6.76. The Morgan fingerprint density at radius 3 is 2.30 bits per heavy atom. The number of nitrogens with zero attached hydrogens (tertiary/aromatic N) is 1. The van der Waals surface area contributed by atoms with Crippen molar-refractivity contribution >= 4 is 17.8 Å². The molecule has 2 unspecified atom stereocenters. The molecule has 1 aliphatic heterocycles. The molecule has 0 saturated heterocycles. The number of hydrogen-bond acceptors (Lipinski definition) is 3. The van der Waals surface area contributed by atoms with Crippen molar-refractivity contribution in [1.82, 2.24) is 4.90 Å². The van der Waals surface area contributed by atoms with Gasteiger partial charge in [-0.3, -0.25) is 19.3 Å². The highest BCUT2D eigenvalue weighted by molar-refractivity contribution is 6.21. The molecule has 1 heterocycles. The van der Waals surface area contributed by atoms with E-state index < -0.39 is 5.97 Å². The highest BCUT2D eigenvalue weighted by atomic mass is 16.4. The summed E-state index contributed by atoms with van der Waals surface area (Å²) in [4.78, 5) is 36.7. The first-order chi connectivity index (χ1) is 9.58. The van der Waals surface area contributed by atoms with Crippen molar-refractivity contribution in [3.63, 3.8) is 0 Å². The van der Waals surface area contributed by atoms with Gasteiger partial charge in [-0.1, -0.05) is 12.1 Å². The first-order valence-electron chi connectivity index (χ1n) is 6.76. The Balaban J connectivity index is 1.79. The van der Waals surface area contributed by atoms with Crippen LogP contribution in [0.4, 0.5) is 0 Å². The smallest absolute Gasteiger partial charge is 0.303 e. The summed E-state index contributed by atoms with van der Waals surface area (Å²) < 4.78 is 0. The zero-order valence-corrected chi connectivity index (χ0v) is 10.9. The lowest BCUT2D eigenvalue weighted by atomic mass is 10.0. The van der Waals surface area contributed by atoms with Gasteiger partial charge in [0.05, 0.1) is 11.1 Å². The standard InChI is InChI=1S/C15H15NO4/c17-13(18)8-9-5-6-10(7-9)16-14(19)11-3-1-2-4-12(11)15(16)20/h1-4,9-10H,5-8H2,(H,17,18). The fraction of sp³-hybridized carbons (Fsp3) is 0.400. The van der Waals surface area contributed by atoms with Crippen LogP contribution in [0.2, 0.25) is 0 Å². The molecule has 5 nitrogen and oxygen atoms in total. The van der Waals surface area contributed by atoms with E-state index in [-0.39, 0.29) is 30.2 Å². The second-order valence-electron chi connectivity index (χ2n) is 5.46. The van der Waals surface area contributed by atoms with Gasteiger partial charge in [0.15, 0.2) is 0 Å². The van der Waals surface area contributed by atoms with Crippen LogP contribution >= 0.6 is 0 Å². The number of aliphatic carboxylic acids is 1. The van der Waals surface area contributed by atoms with Crippen molar-refractivity contribution < 1.29 is 19.5 Å². The highest BCUT2D eigenvalue weighted by Crippen LogP contribution is 2.35. The fourth-order valence-electron chi connectivity index (χ4n) is 3.25. The monoisotopic (exact) mass is 273 g/mol. The lowest BCUT2D eigenvalue weighted by molar-refractivity contribution is -0.138. The summed E-state index contributed by atoms with van der Waals surface area (Å²) in [5.74, 6) is -1.25. The summed E-state index contributed by atoms with van der Waals surface area (Å²) in [6.07, 6.45) is 2.16. The first kappa shape index (κ1) is 12.8. The molecule has 1 aromatic carbocycles. The zero-order chi connectivity index (χ0) is 14.3. The summed E-state index contributed by atoms with van der Waals surface area (Å²) in [7, 11) is 0. The second kappa shape index (κ2) is 4.74. The van der Waals surface area contributed by atoms with E-state index in [2.05, 4.69) is 0 Å². The Labute approximate surface area is 116 Å². The lowest BCUT2D eigenvalue weighted by Gasteiger charge is -2.21. The fourth-order valence-corrected chi connectivity index (χ4v) is 3.25. The van der Waals surface area contributed by atoms with E-state index in [0.29, 0.717) is 24.0 Å². The number of carboxylic acid groups (broad SMARTS) is 1. The van der Waals surface area contributed by atoms with Crippen LogP contribution < -0.4 is 0 Å². The Kier molecular flexibility index (Phi) is 3.04. The van der Waals surface area contributed by atoms with Crippen LogP contribution in [0.5, 0.6) is 0 Å². The molecule has 0 radical (unpaired) electrons. The van der Waals surface area contributed by atoms with Crippen LogP contribution in [0.15, 0.2) is 24.3 Å². The van der Waals surface area contributed by atoms with Gasteiger partial charge in [0.1, 0.15) is 0 Å². The van der Waals surface area contributed by atoms with Gasteiger partial charge in [-0.05, 0) is 37.3 Å². The van der Waals surface area contributed by atoms with Crippen molar-refractivity contribution in [2.75, 3.05) is 0 Å². The minimum absolute atomic E-state index is 0.0572. The molecule has 1 fully saturated rings. The molecular weight excluding hydrogens is 258 g/mol. The maximum Gasteiger partial charge on any atom is 0.303 e. The van der Waals surface area contributed by atoms with E-state index in [1.54, 1.807) is 24.3 Å². The van der Waals surface area contributed by atoms with Gasteiger partial charge < -0.3 is 5.11 Å². The average Bonchev–Trinajstić information content (AvgIpc) is 2.94. The number of carboxylic acids is 1. The van der Waals surface area contributed by atoms with Gasteiger partial charge in [0, 0.05) is 12.5 Å². The van der Waals surface area contributed by atoms with Gasteiger partial charge in [0.2, 0.25) is 0 Å². The van der Waals surface area contributed by atoms with Crippen molar-refractivity contribution in [2.24, 2.45) is 5.92 Å². The molecule has 2 atom stereocenters. The van der Waals surface area contributed by atoms with Crippen LogP contribution in [0.3, 0.4) is 0 Å². The number of rotatable bonds is 3. The number of amides is 2. The largest absolute Gasteiger partial charge is 0.481 e. The van der Waals surface area contributed by atoms with E-state index in [9.17, 15) is 14.4 Å². The van der Waals surface area contributed by atoms with E-state index >= 15 is 0 Å². The SMILES string of the molecule is O=C(O)CC1CCC(N2C(=O)c3ccccc3C2=O)C1. The molecule has 1 N–H and O–H groups in total. The van der Waals surface area contributed by atoms with E-state index in [1.165, 1.54) is 4.90 Å². The molecule has 0 spiro atoms. The molecule has 0 bridgehead atoms. The normalized spacial score (nSPS) is 25.1. The third-order valence-electron chi connectivity index (χ3n) is 4.17. The van der Waals surface area contributed by atoms with Gasteiger partial charge in [-0.25, -0.2) is 0 Å². The van der Waals surface area contributed by atoms with Crippen LogP contribution in [0.25, 0.3) is 0 Å². The van der Waals surface area contributed by atoms with Gasteiger partial charge in [-0.15, -0.1) is 0 Å². The molecule has 104 valence electrons. The maximum atomic E-state index is 12.3. The molecule has 5 heteroatoms. The minimum atomic E-state index is -0.821. The maximum absolute atomic E-state index is 12.3. The number of carbonyl (C=O) groups is 3. The third-order valence-corrected chi connectivity index (χ3v) is 4.17. The topological polar surface area (TPSA) is 74.7 Å². The lowest BCUT2D eigenvalue weighted by Crippen LogP contribution is -2.38. The average molecular weight is 273 g/mol. The predicted octanol–water partition coefficient (Wildman–Crippen LogP) is 1.93. The quantitative estimate of drug-likeness (QED) is 0.854.